The van der Waals surface area contributed by atoms with Crippen molar-refractivity contribution in [2.45, 2.75) is 52.0 Å². The van der Waals surface area contributed by atoms with Gasteiger partial charge in [0.2, 0.25) is 0 Å². The summed E-state index contributed by atoms with van der Waals surface area (Å²) in [5, 5.41) is 3.62. The molecule has 0 aliphatic heterocycles. The van der Waals surface area contributed by atoms with Gasteiger partial charge in [-0.25, -0.2) is 0 Å². The van der Waals surface area contributed by atoms with Crippen LogP contribution in [0.1, 0.15) is 57.7 Å². The lowest BCUT2D eigenvalue weighted by atomic mass is 9.86. The van der Waals surface area contributed by atoms with Gasteiger partial charge >= 0.3 is 0 Å². The summed E-state index contributed by atoms with van der Waals surface area (Å²) < 4.78 is 0. The predicted molar refractivity (Wildman–Crippen MR) is 74.3 cm³/mol. The summed E-state index contributed by atoms with van der Waals surface area (Å²) >= 11 is 0. The van der Waals surface area contributed by atoms with Crippen molar-refractivity contribution in [1.29, 1.82) is 0 Å². The second kappa shape index (κ2) is 4.81. The van der Waals surface area contributed by atoms with E-state index in [-0.39, 0.29) is 5.41 Å². The van der Waals surface area contributed by atoms with Gasteiger partial charge in [-0.1, -0.05) is 45.0 Å². The lowest BCUT2D eigenvalue weighted by Crippen LogP contribution is -2.21. The van der Waals surface area contributed by atoms with Crippen LogP contribution < -0.4 is 5.32 Å². The maximum atomic E-state index is 3.62. The first kappa shape index (κ1) is 12.6. The molecule has 1 nitrogen and oxygen atoms in total. The zero-order valence-corrected chi connectivity index (χ0v) is 11.6. The van der Waals surface area contributed by atoms with E-state index in [9.17, 15) is 0 Å². The van der Waals surface area contributed by atoms with Crippen LogP contribution in [0, 0.1) is 5.92 Å². The first-order valence-electron chi connectivity index (χ1n) is 6.80. The number of hydrogen-bond donors (Lipinski definition) is 1. The summed E-state index contributed by atoms with van der Waals surface area (Å²) in [6, 6.07) is 9.55. The molecular weight excluding hydrogens is 206 g/mol. The Morgan fingerprint density at radius 3 is 2.24 bits per heavy atom. The van der Waals surface area contributed by atoms with Gasteiger partial charge in [0.25, 0.3) is 0 Å². The Morgan fingerprint density at radius 2 is 1.76 bits per heavy atom. The third-order valence-electron chi connectivity index (χ3n) is 3.69. The molecule has 1 heteroatoms. The number of benzene rings is 1. The molecule has 1 aromatic carbocycles. The molecule has 1 N–H and O–H groups in total. The minimum Gasteiger partial charge on any atom is -0.310 e. The van der Waals surface area contributed by atoms with Crippen molar-refractivity contribution in [2.24, 2.45) is 5.92 Å². The van der Waals surface area contributed by atoms with Crippen molar-refractivity contribution in [3.8, 4) is 0 Å². The highest BCUT2D eigenvalue weighted by atomic mass is 14.9. The quantitative estimate of drug-likeness (QED) is 0.824. The monoisotopic (exact) mass is 231 g/mol. The molecule has 0 bridgehead atoms. The van der Waals surface area contributed by atoms with Gasteiger partial charge in [-0.2, -0.15) is 0 Å². The standard InChI is InChI=1S/C16H25N/c1-12(17-11-13-5-6-13)14-7-9-15(10-8-14)16(2,3)4/h7-10,12-13,17H,5-6,11H2,1-4H3. The Hall–Kier alpha value is -0.820. The van der Waals surface area contributed by atoms with Crippen LogP contribution in [0.2, 0.25) is 0 Å². The van der Waals surface area contributed by atoms with E-state index in [0.29, 0.717) is 6.04 Å². The van der Waals surface area contributed by atoms with Crippen LogP contribution in [0.25, 0.3) is 0 Å². The SMILES string of the molecule is CC(NCC1CC1)c1ccc(C(C)(C)C)cc1. The smallest absolute Gasteiger partial charge is 0.0291 e. The number of nitrogens with one attached hydrogen (secondary N) is 1. The van der Waals surface area contributed by atoms with Crippen LogP contribution in [0.5, 0.6) is 0 Å². The molecule has 1 fully saturated rings. The van der Waals surface area contributed by atoms with E-state index >= 15 is 0 Å². The number of hydrogen-bond acceptors (Lipinski definition) is 1. The Labute approximate surface area is 106 Å². The fraction of sp³-hybridized carbons (Fsp3) is 0.625. The highest BCUT2D eigenvalue weighted by Crippen LogP contribution is 2.29. The van der Waals surface area contributed by atoms with Crippen LogP contribution in [0.15, 0.2) is 24.3 Å². The van der Waals surface area contributed by atoms with Crippen molar-refractivity contribution in [3.05, 3.63) is 35.4 Å². The normalized spacial score (nSPS) is 18.1. The molecule has 2 rings (SSSR count). The van der Waals surface area contributed by atoms with E-state index < -0.39 is 0 Å². The van der Waals surface area contributed by atoms with Gasteiger partial charge in [0.15, 0.2) is 0 Å². The minimum atomic E-state index is 0.253. The summed E-state index contributed by atoms with van der Waals surface area (Å²) in [6.07, 6.45) is 2.84. The van der Waals surface area contributed by atoms with E-state index in [4.69, 9.17) is 0 Å². The zero-order chi connectivity index (χ0) is 12.5. The molecule has 1 saturated carbocycles. The van der Waals surface area contributed by atoms with Crippen LogP contribution in [0.3, 0.4) is 0 Å². The maximum Gasteiger partial charge on any atom is 0.0291 e. The Balaban J connectivity index is 1.96. The molecule has 0 aromatic heterocycles. The summed E-state index contributed by atoms with van der Waals surface area (Å²) in [6.45, 7) is 10.2. The van der Waals surface area contributed by atoms with E-state index in [1.54, 1.807) is 0 Å². The number of rotatable bonds is 4. The largest absolute Gasteiger partial charge is 0.310 e. The zero-order valence-electron chi connectivity index (χ0n) is 11.6. The maximum absolute atomic E-state index is 3.62. The van der Waals surface area contributed by atoms with Crippen LogP contribution in [-0.2, 0) is 5.41 Å². The molecule has 0 amide bonds. The molecule has 0 heterocycles. The highest BCUT2D eigenvalue weighted by Gasteiger charge is 2.21. The van der Waals surface area contributed by atoms with Crippen molar-refractivity contribution >= 4 is 0 Å². The average molecular weight is 231 g/mol. The van der Waals surface area contributed by atoms with E-state index in [0.717, 1.165) is 5.92 Å². The summed E-state index contributed by atoms with van der Waals surface area (Å²) in [7, 11) is 0. The molecule has 1 unspecified atom stereocenters. The van der Waals surface area contributed by atoms with E-state index in [1.165, 1.54) is 30.5 Å². The average Bonchev–Trinajstić information content (AvgIpc) is 3.09. The summed E-state index contributed by atoms with van der Waals surface area (Å²) in [5.41, 5.74) is 3.07. The molecule has 0 radical (unpaired) electrons. The molecule has 0 spiro atoms. The van der Waals surface area contributed by atoms with E-state index in [2.05, 4.69) is 57.3 Å². The Morgan fingerprint density at radius 1 is 1.18 bits per heavy atom. The molecule has 1 aromatic rings. The molecule has 17 heavy (non-hydrogen) atoms. The van der Waals surface area contributed by atoms with Gasteiger partial charge in [-0.05, 0) is 48.8 Å². The van der Waals surface area contributed by atoms with Crippen LogP contribution in [0.4, 0.5) is 0 Å². The van der Waals surface area contributed by atoms with Gasteiger partial charge in [0.05, 0.1) is 0 Å². The third kappa shape index (κ3) is 3.57. The second-order valence-corrected chi connectivity index (χ2v) is 6.45. The highest BCUT2D eigenvalue weighted by molar-refractivity contribution is 5.29. The van der Waals surface area contributed by atoms with Gasteiger partial charge in [0, 0.05) is 6.04 Å². The van der Waals surface area contributed by atoms with Crippen molar-refractivity contribution in [2.75, 3.05) is 6.54 Å². The molecule has 0 saturated heterocycles. The molecular formula is C16H25N. The van der Waals surface area contributed by atoms with Gasteiger partial charge < -0.3 is 5.32 Å². The Kier molecular flexibility index (Phi) is 3.58. The van der Waals surface area contributed by atoms with Crippen molar-refractivity contribution < 1.29 is 0 Å². The summed E-state index contributed by atoms with van der Waals surface area (Å²) in [5.74, 6) is 0.950. The molecule has 94 valence electrons. The first-order valence-corrected chi connectivity index (χ1v) is 6.80. The molecule has 1 aliphatic carbocycles. The fourth-order valence-electron chi connectivity index (χ4n) is 2.06. The van der Waals surface area contributed by atoms with Crippen LogP contribution >= 0.6 is 0 Å². The van der Waals surface area contributed by atoms with Gasteiger partial charge in [-0.3, -0.25) is 0 Å². The fourth-order valence-corrected chi connectivity index (χ4v) is 2.06. The predicted octanol–water partition coefficient (Wildman–Crippen LogP) is 4.04. The molecule has 1 aliphatic rings. The van der Waals surface area contributed by atoms with Crippen molar-refractivity contribution in [1.82, 2.24) is 5.32 Å². The van der Waals surface area contributed by atoms with Crippen molar-refractivity contribution in [3.63, 3.8) is 0 Å². The van der Waals surface area contributed by atoms with Crippen LogP contribution in [-0.4, -0.2) is 6.54 Å². The third-order valence-corrected chi connectivity index (χ3v) is 3.69. The topological polar surface area (TPSA) is 12.0 Å². The molecule has 1 atom stereocenters. The lowest BCUT2D eigenvalue weighted by molar-refractivity contribution is 0.547. The minimum absolute atomic E-state index is 0.253. The van der Waals surface area contributed by atoms with Gasteiger partial charge in [-0.15, -0.1) is 0 Å². The first-order chi connectivity index (χ1) is 7.97. The lowest BCUT2D eigenvalue weighted by Gasteiger charge is -2.20. The van der Waals surface area contributed by atoms with E-state index in [1.807, 2.05) is 0 Å². The van der Waals surface area contributed by atoms with Gasteiger partial charge in [0.1, 0.15) is 0 Å². The summed E-state index contributed by atoms with van der Waals surface area (Å²) in [4.78, 5) is 0. The Bertz CT molecular complexity index is 354. The second-order valence-electron chi connectivity index (χ2n) is 6.45.